The van der Waals surface area contributed by atoms with Gasteiger partial charge in [-0.25, -0.2) is 0 Å². The molecule has 0 aromatic carbocycles. The zero-order valence-corrected chi connectivity index (χ0v) is 14.4. The standard InChI is InChI=1S/C17H27ClN4/c1-14-4-9-21(10-5-14)11-6-15-7-12-22(13-8-15)17-3-2-16(18)19-20-17/h2-3,14-15H,4-13H2,1H3/p+1. The van der Waals surface area contributed by atoms with Crippen LogP contribution in [0.25, 0.3) is 0 Å². The van der Waals surface area contributed by atoms with E-state index in [9.17, 15) is 0 Å². The van der Waals surface area contributed by atoms with E-state index in [2.05, 4.69) is 22.0 Å². The predicted molar refractivity (Wildman–Crippen MR) is 90.6 cm³/mol. The number of nitrogens with zero attached hydrogens (tertiary/aromatic N) is 3. The van der Waals surface area contributed by atoms with E-state index in [0.717, 1.165) is 30.7 Å². The van der Waals surface area contributed by atoms with Crippen LogP contribution in [-0.2, 0) is 0 Å². The number of anilines is 1. The smallest absolute Gasteiger partial charge is 0.151 e. The first-order valence-corrected chi connectivity index (χ1v) is 9.16. The van der Waals surface area contributed by atoms with Crippen LogP contribution < -0.4 is 9.80 Å². The first-order chi connectivity index (χ1) is 10.7. The fraction of sp³-hybridized carbons (Fsp3) is 0.765. The highest BCUT2D eigenvalue weighted by atomic mass is 35.5. The van der Waals surface area contributed by atoms with E-state index in [0.29, 0.717) is 5.15 Å². The summed E-state index contributed by atoms with van der Waals surface area (Å²) in [7, 11) is 0. The number of aromatic nitrogens is 2. The minimum absolute atomic E-state index is 0.470. The van der Waals surface area contributed by atoms with Crippen LogP contribution in [0.3, 0.4) is 0 Å². The van der Waals surface area contributed by atoms with Gasteiger partial charge in [-0.05, 0) is 56.1 Å². The summed E-state index contributed by atoms with van der Waals surface area (Å²) >= 11 is 5.80. The van der Waals surface area contributed by atoms with Gasteiger partial charge >= 0.3 is 0 Å². The summed E-state index contributed by atoms with van der Waals surface area (Å²) in [6.45, 7) is 8.76. The molecular formula is C17H28ClN4+. The SMILES string of the molecule is CC1CC[NH+](CCC2CCN(c3ccc(Cl)nn3)CC2)CC1. The Hall–Kier alpha value is -0.870. The number of hydrogen-bond donors (Lipinski definition) is 1. The van der Waals surface area contributed by atoms with Gasteiger partial charge in [0.1, 0.15) is 0 Å². The molecule has 3 heterocycles. The molecule has 0 saturated carbocycles. The lowest BCUT2D eigenvalue weighted by atomic mass is 9.92. The number of quaternary nitrogens is 1. The number of hydrogen-bond acceptors (Lipinski definition) is 3. The maximum Gasteiger partial charge on any atom is 0.151 e. The van der Waals surface area contributed by atoms with Crippen LogP contribution >= 0.6 is 11.6 Å². The van der Waals surface area contributed by atoms with E-state index in [1.807, 2.05) is 17.0 Å². The lowest BCUT2D eigenvalue weighted by molar-refractivity contribution is -0.906. The quantitative estimate of drug-likeness (QED) is 0.920. The minimum atomic E-state index is 0.470. The van der Waals surface area contributed by atoms with Gasteiger partial charge in [0, 0.05) is 13.1 Å². The molecule has 1 aromatic rings. The highest BCUT2D eigenvalue weighted by molar-refractivity contribution is 6.29. The molecule has 2 saturated heterocycles. The van der Waals surface area contributed by atoms with E-state index >= 15 is 0 Å². The first kappa shape index (κ1) is 16.0. The highest BCUT2D eigenvalue weighted by Gasteiger charge is 2.23. The van der Waals surface area contributed by atoms with E-state index in [-0.39, 0.29) is 0 Å². The molecule has 22 heavy (non-hydrogen) atoms. The number of rotatable bonds is 4. The van der Waals surface area contributed by atoms with Crippen molar-refractivity contribution >= 4 is 17.4 Å². The Morgan fingerprint density at radius 2 is 1.86 bits per heavy atom. The van der Waals surface area contributed by atoms with Crippen LogP contribution in [0, 0.1) is 11.8 Å². The molecule has 122 valence electrons. The summed E-state index contributed by atoms with van der Waals surface area (Å²) < 4.78 is 0. The summed E-state index contributed by atoms with van der Waals surface area (Å²) in [6.07, 6.45) is 6.80. The van der Waals surface area contributed by atoms with Crippen molar-refractivity contribution in [1.82, 2.24) is 10.2 Å². The molecule has 1 N–H and O–H groups in total. The molecule has 0 amide bonds. The van der Waals surface area contributed by atoms with Crippen molar-refractivity contribution in [3.05, 3.63) is 17.3 Å². The Morgan fingerprint density at radius 1 is 1.14 bits per heavy atom. The Kier molecular flexibility index (Phi) is 5.53. The van der Waals surface area contributed by atoms with E-state index in [1.165, 1.54) is 51.7 Å². The average Bonchev–Trinajstić information content (AvgIpc) is 2.56. The molecule has 0 spiro atoms. The summed E-state index contributed by atoms with van der Waals surface area (Å²) in [4.78, 5) is 4.18. The van der Waals surface area contributed by atoms with Gasteiger partial charge < -0.3 is 9.80 Å². The molecule has 5 heteroatoms. The van der Waals surface area contributed by atoms with Gasteiger partial charge in [0.2, 0.25) is 0 Å². The van der Waals surface area contributed by atoms with Crippen LogP contribution in [0.1, 0.15) is 39.0 Å². The second kappa shape index (κ2) is 7.60. The van der Waals surface area contributed by atoms with Crippen LogP contribution in [0.2, 0.25) is 5.15 Å². The van der Waals surface area contributed by atoms with E-state index < -0.39 is 0 Å². The molecule has 2 fully saturated rings. The normalized spacial score (nSPS) is 27.1. The molecule has 2 aliphatic rings. The van der Waals surface area contributed by atoms with Crippen LogP contribution in [-0.4, -0.2) is 42.9 Å². The van der Waals surface area contributed by atoms with Crippen molar-refractivity contribution in [3.63, 3.8) is 0 Å². The molecular weight excluding hydrogens is 296 g/mol. The zero-order valence-electron chi connectivity index (χ0n) is 13.6. The maximum atomic E-state index is 5.80. The van der Waals surface area contributed by atoms with E-state index in [1.54, 1.807) is 0 Å². The Morgan fingerprint density at radius 3 is 2.50 bits per heavy atom. The van der Waals surface area contributed by atoms with Gasteiger partial charge in [0.25, 0.3) is 0 Å². The largest absolute Gasteiger partial charge is 0.355 e. The summed E-state index contributed by atoms with van der Waals surface area (Å²) in [6, 6.07) is 3.81. The summed E-state index contributed by atoms with van der Waals surface area (Å²) in [5.74, 6) is 2.81. The van der Waals surface area contributed by atoms with Crippen LogP contribution in [0.15, 0.2) is 12.1 Å². The zero-order chi connectivity index (χ0) is 15.4. The topological polar surface area (TPSA) is 33.5 Å². The van der Waals surface area contributed by atoms with Crippen molar-refractivity contribution in [3.8, 4) is 0 Å². The molecule has 0 bridgehead atoms. The first-order valence-electron chi connectivity index (χ1n) is 8.78. The molecule has 0 radical (unpaired) electrons. The van der Waals surface area contributed by atoms with Gasteiger partial charge in [-0.15, -0.1) is 10.2 Å². The molecule has 1 aromatic heterocycles. The fourth-order valence-electron chi connectivity index (χ4n) is 3.76. The van der Waals surface area contributed by atoms with Gasteiger partial charge in [-0.1, -0.05) is 18.5 Å². The number of nitrogens with one attached hydrogen (secondary N) is 1. The third-order valence-corrected chi connectivity index (χ3v) is 5.65. The second-order valence-corrected chi connectivity index (χ2v) is 7.50. The van der Waals surface area contributed by atoms with Crippen molar-refractivity contribution in [2.45, 2.75) is 39.0 Å². The summed E-state index contributed by atoms with van der Waals surface area (Å²) in [5.41, 5.74) is 0. The fourth-order valence-corrected chi connectivity index (χ4v) is 3.86. The van der Waals surface area contributed by atoms with Crippen LogP contribution in [0.5, 0.6) is 0 Å². The second-order valence-electron chi connectivity index (χ2n) is 7.12. The van der Waals surface area contributed by atoms with Gasteiger partial charge in [0.05, 0.1) is 19.6 Å². The van der Waals surface area contributed by atoms with Crippen molar-refractivity contribution in [2.24, 2.45) is 11.8 Å². The summed E-state index contributed by atoms with van der Waals surface area (Å²) in [5, 5.41) is 8.61. The molecule has 0 unspecified atom stereocenters. The number of piperidine rings is 2. The minimum Gasteiger partial charge on any atom is -0.355 e. The third kappa shape index (κ3) is 4.32. The molecule has 2 aliphatic heterocycles. The Bertz CT molecular complexity index is 448. The van der Waals surface area contributed by atoms with Crippen molar-refractivity contribution in [1.29, 1.82) is 0 Å². The Labute approximate surface area is 138 Å². The van der Waals surface area contributed by atoms with E-state index in [4.69, 9.17) is 11.6 Å². The number of halogens is 1. The molecule has 4 nitrogen and oxygen atoms in total. The Balaban J connectivity index is 1.39. The third-order valence-electron chi connectivity index (χ3n) is 5.44. The number of likely N-dealkylation sites (tertiary alicyclic amines) is 1. The van der Waals surface area contributed by atoms with Gasteiger partial charge in [-0.3, -0.25) is 0 Å². The van der Waals surface area contributed by atoms with Crippen LogP contribution in [0.4, 0.5) is 5.82 Å². The lowest BCUT2D eigenvalue weighted by Gasteiger charge is -2.34. The highest BCUT2D eigenvalue weighted by Crippen LogP contribution is 2.23. The molecule has 0 atom stereocenters. The average molecular weight is 324 g/mol. The van der Waals surface area contributed by atoms with Crippen molar-refractivity contribution in [2.75, 3.05) is 37.6 Å². The monoisotopic (exact) mass is 323 g/mol. The molecule has 3 rings (SSSR count). The lowest BCUT2D eigenvalue weighted by Crippen LogP contribution is -3.13. The molecule has 0 aliphatic carbocycles. The van der Waals surface area contributed by atoms with Gasteiger partial charge in [-0.2, -0.15) is 0 Å². The van der Waals surface area contributed by atoms with Crippen molar-refractivity contribution < 1.29 is 4.90 Å². The maximum absolute atomic E-state index is 5.80. The van der Waals surface area contributed by atoms with Gasteiger partial charge in [0.15, 0.2) is 11.0 Å². The predicted octanol–water partition coefficient (Wildman–Crippen LogP) is 2.05.